The second kappa shape index (κ2) is 8.36. The molecule has 1 aliphatic heterocycles. The van der Waals surface area contributed by atoms with Crippen molar-refractivity contribution >= 4 is 21.9 Å². The minimum atomic E-state index is -0.130. The largest absolute Gasteiger partial charge is 0.364 e. The average Bonchev–Trinajstić information content (AvgIpc) is 3.26. The molecular formula is C27H33N5. The number of hydrogen-bond acceptors (Lipinski definition) is 3. The maximum absolute atomic E-state index is 5.17. The lowest BCUT2D eigenvalue weighted by atomic mass is 9.74. The van der Waals surface area contributed by atoms with Gasteiger partial charge in [0.05, 0.1) is 11.1 Å². The number of likely N-dealkylation sites (tertiary alicyclic amines) is 1. The van der Waals surface area contributed by atoms with E-state index in [2.05, 4.69) is 56.4 Å². The first-order valence-corrected chi connectivity index (χ1v) is 12.5. The Kier molecular flexibility index (Phi) is 5.22. The Bertz CT molecular complexity index is 1170. The van der Waals surface area contributed by atoms with Crippen LogP contribution in [0.3, 0.4) is 0 Å². The van der Waals surface area contributed by atoms with Gasteiger partial charge in [0.15, 0.2) is 5.65 Å². The lowest BCUT2D eigenvalue weighted by molar-refractivity contribution is 0.0441. The predicted molar refractivity (Wildman–Crippen MR) is 130 cm³/mol. The number of pyridine rings is 1. The molecule has 32 heavy (non-hydrogen) atoms. The lowest BCUT2D eigenvalue weighted by Gasteiger charge is -2.47. The molecule has 2 unspecified atom stereocenters. The third kappa shape index (κ3) is 3.25. The van der Waals surface area contributed by atoms with Crippen LogP contribution in [0.4, 0.5) is 0 Å². The lowest BCUT2D eigenvalue weighted by Crippen LogP contribution is -2.51. The number of rotatable bonds is 3. The minimum Gasteiger partial charge on any atom is -0.364 e. The van der Waals surface area contributed by atoms with Crippen LogP contribution in [0.15, 0.2) is 48.8 Å². The third-order valence-corrected chi connectivity index (χ3v) is 7.95. The standard InChI is InChI=1S/C27H33N5/c1-2-9-18-32(17-8-1)27(26-30-23-14-10-16-28-25(23)31-26)15-7-3-4-13-22(27)24-21-12-6-5-11-20(21)19-29-24/h5-6,10-12,14,16,19,22,29H,1-4,7-9,13,15,17-18H2,(H,28,30,31). The second-order valence-electron chi connectivity index (χ2n) is 9.73. The summed E-state index contributed by atoms with van der Waals surface area (Å²) < 4.78 is 0. The van der Waals surface area contributed by atoms with Gasteiger partial charge in [-0.25, -0.2) is 9.97 Å². The number of hydrogen-bond donors (Lipinski definition) is 2. The first kappa shape index (κ1) is 20.0. The van der Waals surface area contributed by atoms with Crippen LogP contribution in [0.5, 0.6) is 0 Å². The molecule has 4 aromatic rings. The Hall–Kier alpha value is -2.66. The van der Waals surface area contributed by atoms with Gasteiger partial charge in [0.2, 0.25) is 0 Å². The van der Waals surface area contributed by atoms with Crippen LogP contribution in [-0.4, -0.2) is 37.9 Å². The highest BCUT2D eigenvalue weighted by Crippen LogP contribution is 2.51. The molecule has 1 aliphatic carbocycles. The molecule has 3 aromatic heterocycles. The maximum atomic E-state index is 5.17. The highest BCUT2D eigenvalue weighted by molar-refractivity contribution is 5.85. The summed E-state index contributed by atoms with van der Waals surface area (Å²) in [7, 11) is 0. The number of benzene rings is 1. The highest BCUT2D eigenvalue weighted by atomic mass is 15.2. The van der Waals surface area contributed by atoms with Crippen LogP contribution >= 0.6 is 0 Å². The van der Waals surface area contributed by atoms with Crippen LogP contribution < -0.4 is 0 Å². The molecule has 2 atom stereocenters. The average molecular weight is 428 g/mol. The van der Waals surface area contributed by atoms with Crippen molar-refractivity contribution in [1.82, 2.24) is 24.8 Å². The Labute approximate surface area is 189 Å². The molecule has 2 fully saturated rings. The van der Waals surface area contributed by atoms with E-state index in [1.54, 1.807) is 0 Å². The zero-order valence-electron chi connectivity index (χ0n) is 18.8. The van der Waals surface area contributed by atoms with Gasteiger partial charge in [-0.05, 0) is 56.3 Å². The Balaban J connectivity index is 1.58. The molecule has 4 heterocycles. The van der Waals surface area contributed by atoms with E-state index in [1.807, 2.05) is 12.3 Å². The summed E-state index contributed by atoms with van der Waals surface area (Å²) in [6, 6.07) is 13.0. The van der Waals surface area contributed by atoms with Crippen molar-refractivity contribution in [1.29, 1.82) is 0 Å². The molecule has 0 radical (unpaired) electrons. The second-order valence-corrected chi connectivity index (χ2v) is 9.73. The molecule has 0 amide bonds. The van der Waals surface area contributed by atoms with Gasteiger partial charge < -0.3 is 9.97 Å². The van der Waals surface area contributed by atoms with Crippen LogP contribution in [-0.2, 0) is 5.54 Å². The summed E-state index contributed by atoms with van der Waals surface area (Å²) in [5.74, 6) is 1.50. The first-order chi connectivity index (χ1) is 15.9. The monoisotopic (exact) mass is 427 g/mol. The van der Waals surface area contributed by atoms with Gasteiger partial charge in [0.25, 0.3) is 0 Å². The molecule has 1 aromatic carbocycles. The molecule has 166 valence electrons. The molecule has 1 saturated heterocycles. The van der Waals surface area contributed by atoms with Crippen molar-refractivity contribution in [3.05, 3.63) is 60.3 Å². The van der Waals surface area contributed by atoms with Crippen molar-refractivity contribution in [2.75, 3.05) is 13.1 Å². The van der Waals surface area contributed by atoms with E-state index >= 15 is 0 Å². The zero-order valence-corrected chi connectivity index (χ0v) is 18.8. The summed E-state index contributed by atoms with van der Waals surface area (Å²) in [5, 5.41) is 2.68. The molecule has 6 rings (SSSR count). The van der Waals surface area contributed by atoms with Crippen molar-refractivity contribution in [3.63, 3.8) is 0 Å². The number of aromatic amines is 2. The number of nitrogens with zero attached hydrogens (tertiary/aromatic N) is 3. The van der Waals surface area contributed by atoms with Crippen molar-refractivity contribution in [2.24, 2.45) is 0 Å². The molecule has 2 aliphatic rings. The summed E-state index contributed by atoms with van der Waals surface area (Å²) in [4.78, 5) is 20.1. The number of H-pyrrole nitrogens is 2. The molecule has 2 N–H and O–H groups in total. The van der Waals surface area contributed by atoms with E-state index in [0.29, 0.717) is 5.92 Å². The SMILES string of the molecule is c1ccc2c(C3CCCCCC3(c3nc4ncccc4[nH]3)N3CCCCCC3)[nH]cc2c1. The van der Waals surface area contributed by atoms with Gasteiger partial charge in [-0.2, -0.15) is 0 Å². The van der Waals surface area contributed by atoms with Crippen molar-refractivity contribution in [2.45, 2.75) is 69.2 Å². The predicted octanol–water partition coefficient (Wildman–Crippen LogP) is 6.26. The number of aromatic nitrogens is 4. The van der Waals surface area contributed by atoms with Gasteiger partial charge in [-0.3, -0.25) is 4.90 Å². The highest BCUT2D eigenvalue weighted by Gasteiger charge is 2.49. The normalized spacial score (nSPS) is 25.7. The fraction of sp³-hybridized carbons (Fsp3) is 0.481. The Morgan fingerprint density at radius 1 is 0.906 bits per heavy atom. The maximum Gasteiger partial charge on any atom is 0.177 e. The smallest absolute Gasteiger partial charge is 0.177 e. The van der Waals surface area contributed by atoms with Gasteiger partial charge in [0, 0.05) is 29.4 Å². The van der Waals surface area contributed by atoms with Crippen LogP contribution in [0.2, 0.25) is 0 Å². The van der Waals surface area contributed by atoms with E-state index in [1.165, 1.54) is 67.8 Å². The van der Waals surface area contributed by atoms with E-state index in [4.69, 9.17) is 4.98 Å². The minimum absolute atomic E-state index is 0.130. The molecular weight excluding hydrogens is 394 g/mol. The Morgan fingerprint density at radius 2 is 1.75 bits per heavy atom. The fourth-order valence-corrected chi connectivity index (χ4v) is 6.44. The summed E-state index contributed by atoms with van der Waals surface area (Å²) >= 11 is 0. The number of nitrogens with one attached hydrogen (secondary N) is 2. The zero-order chi connectivity index (χ0) is 21.4. The summed E-state index contributed by atoms with van der Waals surface area (Å²) in [6.45, 7) is 2.30. The molecule has 5 heteroatoms. The number of fused-ring (bicyclic) bond motifs is 2. The van der Waals surface area contributed by atoms with Crippen molar-refractivity contribution in [3.8, 4) is 0 Å². The Morgan fingerprint density at radius 3 is 2.62 bits per heavy atom. The first-order valence-electron chi connectivity index (χ1n) is 12.5. The van der Waals surface area contributed by atoms with E-state index in [0.717, 1.165) is 36.5 Å². The topological polar surface area (TPSA) is 60.6 Å². The molecule has 1 saturated carbocycles. The van der Waals surface area contributed by atoms with Gasteiger partial charge in [-0.1, -0.05) is 56.4 Å². The molecule has 5 nitrogen and oxygen atoms in total. The summed E-state index contributed by atoms with van der Waals surface area (Å²) in [5.41, 5.74) is 3.15. The van der Waals surface area contributed by atoms with E-state index < -0.39 is 0 Å². The van der Waals surface area contributed by atoms with E-state index in [-0.39, 0.29) is 5.54 Å². The molecule has 0 spiro atoms. The van der Waals surface area contributed by atoms with Gasteiger partial charge in [-0.15, -0.1) is 0 Å². The van der Waals surface area contributed by atoms with Crippen LogP contribution in [0.25, 0.3) is 21.9 Å². The van der Waals surface area contributed by atoms with Crippen molar-refractivity contribution < 1.29 is 0 Å². The quantitative estimate of drug-likeness (QED) is 0.379. The van der Waals surface area contributed by atoms with Crippen LogP contribution in [0.1, 0.15) is 75.2 Å². The third-order valence-electron chi connectivity index (χ3n) is 7.95. The van der Waals surface area contributed by atoms with E-state index in [9.17, 15) is 0 Å². The van der Waals surface area contributed by atoms with Crippen LogP contribution in [0, 0.1) is 0 Å². The summed E-state index contributed by atoms with van der Waals surface area (Å²) in [6.07, 6.45) is 15.4. The molecule has 0 bridgehead atoms. The van der Waals surface area contributed by atoms with Gasteiger partial charge in [0.1, 0.15) is 5.82 Å². The fourth-order valence-electron chi connectivity index (χ4n) is 6.44. The van der Waals surface area contributed by atoms with Gasteiger partial charge >= 0.3 is 0 Å². The number of imidazole rings is 1.